The zero-order valence-corrected chi connectivity index (χ0v) is 15.9. The molecule has 0 bridgehead atoms. The summed E-state index contributed by atoms with van der Waals surface area (Å²) in [7, 11) is 0. The van der Waals surface area contributed by atoms with E-state index in [1.807, 2.05) is 36.4 Å². The molecule has 4 rings (SSSR count). The van der Waals surface area contributed by atoms with Crippen LogP contribution in [0.4, 0.5) is 5.00 Å². The summed E-state index contributed by atoms with van der Waals surface area (Å²) in [6.07, 6.45) is -0.637. The van der Waals surface area contributed by atoms with Gasteiger partial charge in [-0.1, -0.05) is 30.3 Å². The fraction of sp³-hybridized carbons (Fsp3) is 0.400. The van der Waals surface area contributed by atoms with Gasteiger partial charge in [0.25, 0.3) is 0 Å². The Morgan fingerprint density at radius 3 is 2.63 bits per heavy atom. The third-order valence-electron chi connectivity index (χ3n) is 4.67. The van der Waals surface area contributed by atoms with E-state index in [1.165, 1.54) is 11.3 Å². The van der Waals surface area contributed by atoms with E-state index in [0.29, 0.717) is 24.5 Å². The van der Waals surface area contributed by atoms with Crippen LogP contribution in [0, 0.1) is 0 Å². The predicted molar refractivity (Wildman–Crippen MR) is 102 cm³/mol. The molecule has 2 saturated heterocycles. The molecule has 2 fully saturated rings. The summed E-state index contributed by atoms with van der Waals surface area (Å²) in [5.41, 5.74) is 2.04. The Labute approximate surface area is 161 Å². The molecule has 0 N–H and O–H groups in total. The van der Waals surface area contributed by atoms with Crippen LogP contribution in [0.25, 0.3) is 11.1 Å². The Bertz CT molecular complexity index is 828. The number of hydrogen-bond acceptors (Lipinski definition) is 7. The molecule has 2 aliphatic heterocycles. The number of nitrogens with zero attached hydrogens (tertiary/aromatic N) is 1. The predicted octanol–water partition coefficient (Wildman–Crippen LogP) is 3.11. The normalized spacial score (nSPS) is 22.6. The lowest BCUT2D eigenvalue weighted by Crippen LogP contribution is -2.35. The summed E-state index contributed by atoms with van der Waals surface area (Å²) in [5, 5.41) is 1.03. The Morgan fingerprint density at radius 1 is 1.22 bits per heavy atom. The first-order chi connectivity index (χ1) is 13.1. The van der Waals surface area contributed by atoms with E-state index in [4.69, 9.17) is 14.2 Å². The van der Waals surface area contributed by atoms with Crippen molar-refractivity contribution in [3.05, 3.63) is 41.3 Å². The molecule has 7 heteroatoms. The number of thiophene rings is 1. The first-order valence-electron chi connectivity index (χ1n) is 9.05. The molecule has 2 atom stereocenters. The monoisotopic (exact) mass is 387 g/mol. The molecule has 0 aliphatic carbocycles. The van der Waals surface area contributed by atoms with E-state index in [9.17, 15) is 9.59 Å². The van der Waals surface area contributed by atoms with Gasteiger partial charge in [0.2, 0.25) is 6.10 Å². The lowest BCUT2D eigenvalue weighted by molar-refractivity contribution is -0.147. The van der Waals surface area contributed by atoms with E-state index in [-0.39, 0.29) is 6.10 Å². The number of carbonyl (C=O) groups is 2. The van der Waals surface area contributed by atoms with Gasteiger partial charge in [0, 0.05) is 25.1 Å². The zero-order valence-electron chi connectivity index (χ0n) is 15.1. The van der Waals surface area contributed by atoms with Gasteiger partial charge in [-0.3, -0.25) is 0 Å². The maximum absolute atomic E-state index is 12.7. The van der Waals surface area contributed by atoms with Crippen LogP contribution in [0.1, 0.15) is 23.0 Å². The van der Waals surface area contributed by atoms with Gasteiger partial charge < -0.3 is 19.1 Å². The Hall–Kier alpha value is -2.38. The number of benzene rings is 1. The van der Waals surface area contributed by atoms with Crippen molar-refractivity contribution < 1.29 is 23.8 Å². The number of cyclic esters (lactones) is 1. The fourth-order valence-electron chi connectivity index (χ4n) is 3.31. The minimum Gasteiger partial charge on any atom is -0.460 e. The molecule has 0 amide bonds. The molecule has 6 nitrogen and oxygen atoms in total. The van der Waals surface area contributed by atoms with Crippen LogP contribution in [-0.2, 0) is 19.0 Å². The van der Waals surface area contributed by atoms with Gasteiger partial charge in [0.1, 0.15) is 11.0 Å². The first-order valence-corrected chi connectivity index (χ1v) is 9.87. The molecule has 3 heterocycles. The van der Waals surface area contributed by atoms with Crippen LogP contribution in [0.3, 0.4) is 0 Å². The van der Waals surface area contributed by atoms with Crippen LogP contribution in [0.15, 0.2) is 36.4 Å². The molecule has 1 aromatic heterocycles. The minimum atomic E-state index is -0.818. The third-order valence-corrected chi connectivity index (χ3v) is 5.85. The van der Waals surface area contributed by atoms with E-state index in [1.54, 1.807) is 6.92 Å². The average molecular weight is 387 g/mol. The van der Waals surface area contributed by atoms with Crippen LogP contribution in [0.5, 0.6) is 0 Å². The standard InChI is InChI=1S/C20H21NO5S/c1-13-11-16(19(22)25-13)26-20(23)17-12-15(14-5-3-2-4-6-14)18(27-17)21-7-9-24-10-8-21/h2-6,12-13,16H,7-11H2,1H3/t13-,16+/m1/s1. The highest BCUT2D eigenvalue weighted by atomic mass is 32.1. The summed E-state index contributed by atoms with van der Waals surface area (Å²) in [6, 6.07) is 11.8. The summed E-state index contributed by atoms with van der Waals surface area (Å²) in [5.74, 6) is -0.947. The molecule has 142 valence electrons. The molecule has 2 aromatic rings. The Morgan fingerprint density at radius 2 is 1.96 bits per heavy atom. The van der Waals surface area contributed by atoms with Crippen LogP contribution in [-0.4, -0.2) is 50.4 Å². The highest BCUT2D eigenvalue weighted by molar-refractivity contribution is 7.18. The molecule has 2 aliphatic rings. The van der Waals surface area contributed by atoms with Gasteiger partial charge in [0.15, 0.2) is 0 Å². The van der Waals surface area contributed by atoms with Crippen molar-refractivity contribution >= 4 is 28.3 Å². The van der Waals surface area contributed by atoms with Crippen molar-refractivity contribution in [2.24, 2.45) is 0 Å². The lowest BCUT2D eigenvalue weighted by atomic mass is 10.1. The van der Waals surface area contributed by atoms with Crippen LogP contribution < -0.4 is 4.90 Å². The maximum atomic E-state index is 12.7. The van der Waals surface area contributed by atoms with Crippen molar-refractivity contribution in [1.29, 1.82) is 0 Å². The van der Waals surface area contributed by atoms with E-state index >= 15 is 0 Å². The van der Waals surface area contributed by atoms with E-state index < -0.39 is 18.0 Å². The van der Waals surface area contributed by atoms with Crippen molar-refractivity contribution in [3.8, 4) is 11.1 Å². The quantitative estimate of drug-likeness (QED) is 0.751. The molecule has 0 spiro atoms. The summed E-state index contributed by atoms with van der Waals surface area (Å²) in [4.78, 5) is 27.2. The largest absolute Gasteiger partial charge is 0.460 e. The number of esters is 2. The van der Waals surface area contributed by atoms with Crippen molar-refractivity contribution in [3.63, 3.8) is 0 Å². The van der Waals surface area contributed by atoms with E-state index in [2.05, 4.69) is 4.90 Å². The minimum absolute atomic E-state index is 0.220. The van der Waals surface area contributed by atoms with Gasteiger partial charge in [-0.15, -0.1) is 11.3 Å². The first kappa shape index (κ1) is 18.0. The number of morpholine rings is 1. The Balaban J connectivity index is 1.62. The second-order valence-corrected chi connectivity index (χ2v) is 7.70. The fourth-order valence-corrected chi connectivity index (χ4v) is 4.43. The maximum Gasteiger partial charge on any atom is 0.349 e. The smallest absolute Gasteiger partial charge is 0.349 e. The highest BCUT2D eigenvalue weighted by Crippen LogP contribution is 2.40. The van der Waals surface area contributed by atoms with Crippen LogP contribution >= 0.6 is 11.3 Å². The number of rotatable bonds is 4. The lowest BCUT2D eigenvalue weighted by Gasteiger charge is -2.28. The highest BCUT2D eigenvalue weighted by Gasteiger charge is 2.36. The number of hydrogen-bond donors (Lipinski definition) is 0. The molecule has 0 unspecified atom stereocenters. The molecule has 1 aromatic carbocycles. The Kier molecular flexibility index (Phi) is 5.13. The zero-order chi connectivity index (χ0) is 18.8. The van der Waals surface area contributed by atoms with Crippen molar-refractivity contribution in [2.45, 2.75) is 25.6 Å². The van der Waals surface area contributed by atoms with Gasteiger partial charge in [0.05, 0.1) is 18.2 Å². The molecule has 27 heavy (non-hydrogen) atoms. The van der Waals surface area contributed by atoms with Crippen molar-refractivity contribution in [1.82, 2.24) is 0 Å². The van der Waals surface area contributed by atoms with Gasteiger partial charge in [-0.25, -0.2) is 9.59 Å². The molecule has 0 radical (unpaired) electrons. The van der Waals surface area contributed by atoms with E-state index in [0.717, 1.165) is 29.2 Å². The topological polar surface area (TPSA) is 65.1 Å². The summed E-state index contributed by atoms with van der Waals surface area (Å²) < 4.78 is 15.9. The van der Waals surface area contributed by atoms with Gasteiger partial charge in [-0.05, 0) is 18.6 Å². The van der Waals surface area contributed by atoms with Gasteiger partial charge in [-0.2, -0.15) is 0 Å². The average Bonchev–Trinajstić information content (AvgIpc) is 3.27. The number of anilines is 1. The second kappa shape index (κ2) is 7.70. The number of ether oxygens (including phenoxy) is 3. The third kappa shape index (κ3) is 3.84. The second-order valence-electron chi connectivity index (χ2n) is 6.67. The summed E-state index contributed by atoms with van der Waals surface area (Å²) >= 11 is 1.40. The molecule has 0 saturated carbocycles. The SMILES string of the molecule is C[C@@H]1C[C@H](OC(=O)c2cc(-c3ccccc3)c(N3CCOCC3)s2)C(=O)O1. The number of carbonyl (C=O) groups excluding carboxylic acids is 2. The van der Waals surface area contributed by atoms with Crippen LogP contribution in [0.2, 0.25) is 0 Å². The van der Waals surface area contributed by atoms with Gasteiger partial charge >= 0.3 is 11.9 Å². The van der Waals surface area contributed by atoms with Crippen molar-refractivity contribution in [2.75, 3.05) is 31.2 Å². The molecular formula is C20H21NO5S. The summed E-state index contributed by atoms with van der Waals surface area (Å²) in [6.45, 7) is 4.68. The molecular weight excluding hydrogens is 366 g/mol.